The molecule has 1 aliphatic heterocycles. The summed E-state index contributed by atoms with van der Waals surface area (Å²) in [6.45, 7) is 0.400. The van der Waals surface area contributed by atoms with Crippen molar-refractivity contribution in [3.63, 3.8) is 0 Å². The van der Waals surface area contributed by atoms with Gasteiger partial charge in [-0.05, 0) is 29.0 Å². The number of nitrogens with two attached hydrogens (primary N) is 1. The van der Waals surface area contributed by atoms with Gasteiger partial charge >= 0.3 is 0 Å². The van der Waals surface area contributed by atoms with Gasteiger partial charge in [-0.25, -0.2) is 9.98 Å². The highest BCUT2D eigenvalue weighted by molar-refractivity contribution is 5.67. The van der Waals surface area contributed by atoms with Gasteiger partial charge in [0.1, 0.15) is 12.0 Å². The molecule has 130 valence electrons. The molecule has 7 heteroatoms. The Morgan fingerprint density at radius 3 is 2.85 bits per heavy atom. The van der Waals surface area contributed by atoms with Crippen LogP contribution in [0.25, 0.3) is 6.08 Å². The van der Waals surface area contributed by atoms with E-state index in [0.29, 0.717) is 18.2 Å². The second-order valence-corrected chi connectivity index (χ2v) is 5.93. The van der Waals surface area contributed by atoms with Crippen LogP contribution < -0.4 is 21.6 Å². The van der Waals surface area contributed by atoms with Gasteiger partial charge in [0.2, 0.25) is 11.8 Å². The highest BCUT2D eigenvalue weighted by Crippen LogP contribution is 2.21. The van der Waals surface area contributed by atoms with E-state index in [9.17, 15) is 5.11 Å². The summed E-state index contributed by atoms with van der Waals surface area (Å²) in [4.78, 5) is 15.6. The van der Waals surface area contributed by atoms with Crippen LogP contribution in [0.5, 0.6) is 5.88 Å². The molecule has 26 heavy (non-hydrogen) atoms. The van der Waals surface area contributed by atoms with Crippen LogP contribution in [0.4, 0.5) is 11.6 Å². The van der Waals surface area contributed by atoms with Gasteiger partial charge in [0.25, 0.3) is 0 Å². The van der Waals surface area contributed by atoms with Gasteiger partial charge in [0.15, 0.2) is 0 Å². The van der Waals surface area contributed by atoms with Crippen LogP contribution in [0.3, 0.4) is 0 Å². The number of benzene rings is 2. The maximum Gasteiger partial charge on any atom is 0.238 e. The lowest BCUT2D eigenvalue weighted by molar-refractivity contribution is 0.455. The third kappa shape index (κ3) is 3.20. The Hall–Kier alpha value is -3.45. The van der Waals surface area contributed by atoms with Crippen molar-refractivity contribution in [1.82, 2.24) is 9.97 Å². The molecule has 2 heterocycles. The molecule has 4 rings (SSSR count). The lowest BCUT2D eigenvalue weighted by Crippen LogP contribution is -2.21. The fourth-order valence-electron chi connectivity index (χ4n) is 2.84. The molecule has 0 saturated carbocycles. The number of rotatable bonds is 5. The Labute approximate surface area is 149 Å². The first-order valence-electron chi connectivity index (χ1n) is 8.25. The van der Waals surface area contributed by atoms with Gasteiger partial charge in [-0.15, -0.1) is 0 Å². The number of imidazole rings is 1. The predicted molar refractivity (Wildman–Crippen MR) is 101 cm³/mol. The second-order valence-electron chi connectivity index (χ2n) is 5.93. The number of aliphatic imine (C=N–C) groups is 1. The quantitative estimate of drug-likeness (QED) is 0.559. The van der Waals surface area contributed by atoms with Crippen LogP contribution in [0.2, 0.25) is 0 Å². The Morgan fingerprint density at radius 2 is 2.04 bits per heavy atom. The van der Waals surface area contributed by atoms with E-state index in [0.717, 1.165) is 21.8 Å². The second kappa shape index (κ2) is 6.81. The van der Waals surface area contributed by atoms with Gasteiger partial charge in [0, 0.05) is 6.54 Å². The summed E-state index contributed by atoms with van der Waals surface area (Å²) in [5, 5.41) is 15.1. The van der Waals surface area contributed by atoms with Crippen molar-refractivity contribution in [1.29, 1.82) is 0 Å². The Morgan fingerprint density at radius 1 is 1.19 bits per heavy atom. The number of aromatic amines is 1. The summed E-state index contributed by atoms with van der Waals surface area (Å²) in [6, 6.07) is 15.5. The van der Waals surface area contributed by atoms with E-state index < -0.39 is 0 Å². The van der Waals surface area contributed by atoms with Crippen molar-refractivity contribution in [2.24, 2.45) is 15.7 Å². The predicted octanol–water partition coefficient (Wildman–Crippen LogP) is 1.35. The van der Waals surface area contributed by atoms with Crippen molar-refractivity contribution in [3.8, 4) is 5.88 Å². The third-order valence-electron chi connectivity index (χ3n) is 4.16. The van der Waals surface area contributed by atoms with Gasteiger partial charge in [-0.2, -0.15) is 4.98 Å². The van der Waals surface area contributed by atoms with Crippen LogP contribution in [-0.4, -0.2) is 28.0 Å². The molecule has 1 aromatic heterocycles. The first kappa shape index (κ1) is 16.0. The smallest absolute Gasteiger partial charge is 0.238 e. The number of anilines is 1. The Bertz CT molecular complexity index is 1070. The average molecular weight is 346 g/mol. The molecule has 0 aliphatic carbocycles. The Kier molecular flexibility index (Phi) is 4.20. The van der Waals surface area contributed by atoms with Crippen LogP contribution in [0, 0.1) is 0 Å². The highest BCUT2D eigenvalue weighted by Gasteiger charge is 2.13. The molecule has 1 atom stereocenters. The highest BCUT2D eigenvalue weighted by atomic mass is 16.3. The normalized spacial score (nSPS) is 14.1. The minimum Gasteiger partial charge on any atom is -0.492 e. The molecule has 2 aromatic carbocycles. The molecule has 5 N–H and O–H groups in total. The Balaban J connectivity index is 1.61. The molecule has 0 radical (unpaired) electrons. The lowest BCUT2D eigenvalue weighted by Gasteiger charge is -2.16. The van der Waals surface area contributed by atoms with Crippen molar-refractivity contribution in [3.05, 3.63) is 70.4 Å². The summed E-state index contributed by atoms with van der Waals surface area (Å²) in [5.41, 5.74) is 8.25. The van der Waals surface area contributed by atoms with Gasteiger partial charge < -0.3 is 21.1 Å². The number of H-pyrrole nitrogens is 1. The summed E-state index contributed by atoms with van der Waals surface area (Å²) in [5.74, 6) is 0.382. The number of hydrogen-bond acceptors (Lipinski definition) is 6. The molecule has 0 unspecified atom stereocenters. The topological polar surface area (TPSA) is 112 Å². The number of fused-ring (bicyclic) bond motifs is 1. The van der Waals surface area contributed by atoms with Crippen molar-refractivity contribution in [2.75, 3.05) is 11.9 Å². The fourth-order valence-corrected chi connectivity index (χ4v) is 2.84. The van der Waals surface area contributed by atoms with Gasteiger partial charge in [0.05, 0.1) is 17.1 Å². The number of nitrogens with zero attached hydrogens (tertiary/aromatic N) is 3. The number of aromatic hydroxyl groups is 1. The van der Waals surface area contributed by atoms with Gasteiger partial charge in [-0.1, -0.05) is 36.4 Å². The average Bonchev–Trinajstić information content (AvgIpc) is 3.26. The van der Waals surface area contributed by atoms with Crippen LogP contribution in [0.1, 0.15) is 17.3 Å². The number of nitrogens with one attached hydrogen (secondary N) is 2. The molecular formula is C19H18N6O. The zero-order chi connectivity index (χ0) is 17.9. The molecule has 0 bridgehead atoms. The zero-order valence-electron chi connectivity index (χ0n) is 13.9. The molecule has 0 fully saturated rings. The third-order valence-corrected chi connectivity index (χ3v) is 4.16. The van der Waals surface area contributed by atoms with Crippen molar-refractivity contribution in [2.45, 2.75) is 6.04 Å². The van der Waals surface area contributed by atoms with E-state index in [1.165, 1.54) is 6.34 Å². The number of hydrogen-bond donors (Lipinski definition) is 4. The van der Waals surface area contributed by atoms with Crippen LogP contribution in [0.15, 0.2) is 58.5 Å². The van der Waals surface area contributed by atoms with Crippen molar-refractivity contribution < 1.29 is 5.11 Å². The first-order valence-corrected chi connectivity index (χ1v) is 8.25. The van der Waals surface area contributed by atoms with E-state index in [4.69, 9.17) is 5.73 Å². The fraction of sp³-hybridized carbons (Fsp3) is 0.105. The molecule has 0 amide bonds. The van der Waals surface area contributed by atoms with E-state index in [2.05, 4.69) is 25.3 Å². The monoisotopic (exact) mass is 346 g/mol. The van der Waals surface area contributed by atoms with Gasteiger partial charge in [-0.3, -0.25) is 0 Å². The number of aromatic nitrogens is 2. The largest absolute Gasteiger partial charge is 0.492 e. The minimum absolute atomic E-state index is 0.0787. The molecule has 7 nitrogen and oxygen atoms in total. The van der Waals surface area contributed by atoms with Crippen molar-refractivity contribution >= 4 is 24.1 Å². The zero-order valence-corrected chi connectivity index (χ0v) is 13.9. The molecule has 3 aromatic rings. The standard InChI is InChI=1S/C19H18N6O/c20-10-17(13-4-2-1-3-5-13)24-19-23-16(18(26)25-19)9-12-6-7-14-15(8-12)22-11-21-14/h1-9,11,17,26H,10,20H2,(H2,23,24,25)/t17-/m0/s1. The molecule has 0 spiro atoms. The molecule has 1 aliphatic rings. The summed E-state index contributed by atoms with van der Waals surface area (Å²) >= 11 is 0. The minimum atomic E-state index is -0.106. The molecule has 0 saturated heterocycles. The lowest BCUT2D eigenvalue weighted by atomic mass is 10.1. The van der Waals surface area contributed by atoms with E-state index >= 15 is 0 Å². The summed E-state index contributed by atoms with van der Waals surface area (Å²) in [7, 11) is 0. The van der Waals surface area contributed by atoms with Crippen LogP contribution in [-0.2, 0) is 0 Å². The maximum atomic E-state index is 10.1. The molecular weight excluding hydrogens is 328 g/mol. The SMILES string of the molecule is NC[C@H](Nc1nc(O)c(C=c2ccc3c(c2)N=CN=3)[nH]1)c1ccccc1. The van der Waals surface area contributed by atoms with E-state index in [-0.39, 0.29) is 11.9 Å². The van der Waals surface area contributed by atoms with E-state index in [1.807, 2.05) is 54.6 Å². The first-order chi connectivity index (χ1) is 12.7. The summed E-state index contributed by atoms with van der Waals surface area (Å²) in [6.07, 6.45) is 3.34. The van der Waals surface area contributed by atoms with Crippen LogP contribution >= 0.6 is 0 Å². The van der Waals surface area contributed by atoms with E-state index in [1.54, 1.807) is 0 Å². The summed E-state index contributed by atoms with van der Waals surface area (Å²) < 4.78 is 0. The maximum absolute atomic E-state index is 10.1.